The van der Waals surface area contributed by atoms with Crippen LogP contribution < -0.4 is 10.5 Å². The number of aromatic nitrogens is 3. The minimum atomic E-state index is -3.96. The number of nitrogens with two attached hydrogens (primary N) is 1. The van der Waals surface area contributed by atoms with Crippen molar-refractivity contribution in [2.24, 2.45) is 15.4 Å². The fourth-order valence-corrected chi connectivity index (χ4v) is 3.35. The molecule has 2 aromatic heterocycles. The van der Waals surface area contributed by atoms with Crippen molar-refractivity contribution < 1.29 is 18.3 Å². The predicted molar refractivity (Wildman–Crippen MR) is 97.8 cm³/mol. The van der Waals surface area contributed by atoms with Crippen LogP contribution in [0.2, 0.25) is 0 Å². The van der Waals surface area contributed by atoms with E-state index in [0.29, 0.717) is 0 Å². The van der Waals surface area contributed by atoms with Gasteiger partial charge in [0.1, 0.15) is 21.6 Å². The second-order valence-electron chi connectivity index (χ2n) is 5.23. The van der Waals surface area contributed by atoms with Crippen LogP contribution in [0.5, 0.6) is 5.75 Å². The van der Waals surface area contributed by atoms with Gasteiger partial charge in [0.15, 0.2) is 17.4 Å². The number of pyridine rings is 1. The number of aromatic hydroxyl groups is 1. The number of hydrogen-bond donors (Lipinski definition) is 3. The van der Waals surface area contributed by atoms with Crippen molar-refractivity contribution in [3.8, 4) is 5.75 Å². The highest BCUT2D eigenvalue weighted by atomic mass is 32.2. The number of anilines is 1. The molecule has 0 spiro atoms. The highest BCUT2D eigenvalue weighted by molar-refractivity contribution is 7.89. The van der Waals surface area contributed by atoms with Crippen molar-refractivity contribution in [1.82, 2.24) is 13.7 Å². The van der Waals surface area contributed by atoms with Gasteiger partial charge in [-0.3, -0.25) is 4.79 Å². The maximum absolute atomic E-state index is 11.6. The quantitative estimate of drug-likeness (QED) is 0.543. The summed E-state index contributed by atoms with van der Waals surface area (Å²) in [7, 11) is -3.96. The lowest BCUT2D eigenvalue weighted by molar-refractivity contribution is -0.115. The van der Waals surface area contributed by atoms with Crippen LogP contribution in [0.3, 0.4) is 0 Å². The fourth-order valence-electron chi connectivity index (χ4n) is 2.06. The van der Waals surface area contributed by atoms with Gasteiger partial charge in [-0.05, 0) is 24.3 Å². The Hall–Kier alpha value is -3.03. The molecule has 27 heavy (non-hydrogen) atoms. The van der Waals surface area contributed by atoms with Crippen LogP contribution in [-0.2, 0) is 14.8 Å². The van der Waals surface area contributed by atoms with E-state index in [4.69, 9.17) is 5.14 Å². The molecule has 140 valence electrons. The van der Waals surface area contributed by atoms with E-state index >= 15 is 0 Å². The van der Waals surface area contributed by atoms with Gasteiger partial charge >= 0.3 is 0 Å². The monoisotopic (exact) mass is 407 g/mol. The number of benzene rings is 1. The highest BCUT2D eigenvalue weighted by Gasteiger charge is 2.18. The SMILES string of the molecule is CCC(=O)Nc1nc(N=Nc2ccc(S(N)(=O)=O)c3nsnc23)ccc1O. The Bertz CT molecular complexity index is 1160. The number of sulfonamides is 1. The number of primary sulfonamides is 1. The number of hydrogen-bond acceptors (Lipinski definition) is 10. The topological polar surface area (TPSA) is 173 Å². The van der Waals surface area contributed by atoms with Crippen molar-refractivity contribution in [1.29, 1.82) is 0 Å². The number of nitrogens with one attached hydrogen (secondary N) is 1. The second-order valence-corrected chi connectivity index (χ2v) is 7.29. The number of fused-ring (bicyclic) bond motifs is 1. The Labute approximate surface area is 157 Å². The summed E-state index contributed by atoms with van der Waals surface area (Å²) in [4.78, 5) is 15.3. The summed E-state index contributed by atoms with van der Waals surface area (Å²) in [6.45, 7) is 1.66. The van der Waals surface area contributed by atoms with Gasteiger partial charge in [-0.25, -0.2) is 18.5 Å². The van der Waals surface area contributed by atoms with Crippen molar-refractivity contribution >= 4 is 56.0 Å². The third-order valence-electron chi connectivity index (χ3n) is 3.36. The number of amides is 1. The van der Waals surface area contributed by atoms with Gasteiger partial charge in [-0.1, -0.05) is 6.92 Å². The summed E-state index contributed by atoms with van der Waals surface area (Å²) in [5.74, 6) is -0.450. The van der Waals surface area contributed by atoms with Gasteiger partial charge < -0.3 is 10.4 Å². The largest absolute Gasteiger partial charge is 0.504 e. The maximum Gasteiger partial charge on any atom is 0.240 e. The molecule has 4 N–H and O–H groups in total. The average Bonchev–Trinajstić information content (AvgIpc) is 3.10. The molecule has 1 amide bonds. The first-order valence-electron chi connectivity index (χ1n) is 7.49. The number of carbonyl (C=O) groups is 1. The Kier molecular flexibility index (Phi) is 5.07. The lowest BCUT2D eigenvalue weighted by Gasteiger charge is -2.05. The van der Waals surface area contributed by atoms with E-state index < -0.39 is 10.0 Å². The van der Waals surface area contributed by atoms with Crippen molar-refractivity contribution in [3.63, 3.8) is 0 Å². The van der Waals surface area contributed by atoms with Crippen molar-refractivity contribution in [2.45, 2.75) is 18.2 Å². The number of azo groups is 1. The van der Waals surface area contributed by atoms with Gasteiger partial charge in [-0.15, -0.1) is 10.2 Å². The summed E-state index contributed by atoms with van der Waals surface area (Å²) in [6, 6.07) is 5.38. The molecule has 0 aliphatic heterocycles. The molecule has 0 saturated heterocycles. The third kappa shape index (κ3) is 4.05. The normalized spacial score (nSPS) is 11.9. The Morgan fingerprint density at radius 2 is 1.96 bits per heavy atom. The number of nitrogens with zero attached hydrogens (tertiary/aromatic N) is 5. The van der Waals surface area contributed by atoms with Gasteiger partial charge in [0.25, 0.3) is 0 Å². The van der Waals surface area contributed by atoms with E-state index in [1.54, 1.807) is 6.92 Å². The van der Waals surface area contributed by atoms with Crippen LogP contribution in [-0.4, -0.2) is 33.2 Å². The predicted octanol–water partition coefficient (Wildman–Crippen LogP) is 2.20. The van der Waals surface area contributed by atoms with Crippen molar-refractivity contribution in [2.75, 3.05) is 5.32 Å². The molecule has 0 bridgehead atoms. The van der Waals surface area contributed by atoms with E-state index in [0.717, 1.165) is 11.7 Å². The molecule has 2 heterocycles. The van der Waals surface area contributed by atoms with Crippen LogP contribution in [0, 0.1) is 0 Å². The van der Waals surface area contributed by atoms with E-state index in [2.05, 4.69) is 29.3 Å². The minimum absolute atomic E-state index is 0.0386. The van der Waals surface area contributed by atoms with Gasteiger partial charge in [0.05, 0.1) is 11.7 Å². The molecule has 11 nitrogen and oxygen atoms in total. The van der Waals surface area contributed by atoms with E-state index in [1.807, 2.05) is 0 Å². The molecule has 1 aromatic carbocycles. The van der Waals surface area contributed by atoms with Crippen LogP contribution in [0.15, 0.2) is 39.4 Å². The molecule has 0 atom stereocenters. The first kappa shape index (κ1) is 18.8. The molecule has 0 aliphatic carbocycles. The average molecular weight is 407 g/mol. The van der Waals surface area contributed by atoms with E-state index in [-0.39, 0.29) is 51.3 Å². The fraction of sp³-hybridized carbons (Fsp3) is 0.143. The summed E-state index contributed by atoms with van der Waals surface area (Å²) >= 11 is 0.815. The number of carbonyl (C=O) groups excluding carboxylic acids is 1. The van der Waals surface area contributed by atoms with Crippen LogP contribution in [0.25, 0.3) is 11.0 Å². The van der Waals surface area contributed by atoms with Crippen molar-refractivity contribution in [3.05, 3.63) is 24.3 Å². The zero-order valence-electron chi connectivity index (χ0n) is 13.8. The summed E-state index contributed by atoms with van der Waals surface area (Å²) in [6.07, 6.45) is 0.220. The molecule has 0 saturated carbocycles. The zero-order valence-corrected chi connectivity index (χ0v) is 15.5. The Morgan fingerprint density at radius 1 is 1.22 bits per heavy atom. The third-order valence-corrected chi connectivity index (χ3v) is 4.83. The second kappa shape index (κ2) is 7.30. The first-order chi connectivity index (χ1) is 12.8. The molecule has 3 aromatic rings. The highest BCUT2D eigenvalue weighted by Crippen LogP contribution is 2.31. The molecule has 0 fully saturated rings. The molecule has 0 radical (unpaired) electrons. The summed E-state index contributed by atoms with van der Waals surface area (Å²) in [5, 5.41) is 25.3. The van der Waals surface area contributed by atoms with E-state index in [1.165, 1.54) is 24.3 Å². The molecular formula is C14H13N7O4S2. The first-order valence-corrected chi connectivity index (χ1v) is 9.77. The van der Waals surface area contributed by atoms with E-state index in [9.17, 15) is 18.3 Å². The van der Waals surface area contributed by atoms with Crippen LogP contribution in [0.4, 0.5) is 17.3 Å². The molecular weight excluding hydrogens is 394 g/mol. The van der Waals surface area contributed by atoms with Gasteiger partial charge in [0.2, 0.25) is 15.9 Å². The maximum atomic E-state index is 11.6. The zero-order chi connectivity index (χ0) is 19.6. The standard InChI is InChI=1S/C14H13N7O4S2/c1-2-11(23)17-14-8(22)4-6-10(16-14)19-18-7-3-5-9(27(15,24)25)13-12(7)20-26-21-13/h3-6,22H,2H2,1H3,(H2,15,24,25)(H,16,17,23). The Morgan fingerprint density at radius 3 is 2.67 bits per heavy atom. The van der Waals surface area contributed by atoms with Gasteiger partial charge in [-0.2, -0.15) is 8.75 Å². The number of rotatable bonds is 5. The summed E-state index contributed by atoms with van der Waals surface area (Å²) in [5.41, 5.74) is 0.599. The molecule has 3 rings (SSSR count). The lowest BCUT2D eigenvalue weighted by atomic mass is 10.3. The van der Waals surface area contributed by atoms with Gasteiger partial charge in [0, 0.05) is 6.42 Å². The minimum Gasteiger partial charge on any atom is -0.504 e. The molecule has 0 aliphatic rings. The molecule has 0 unspecified atom stereocenters. The van der Waals surface area contributed by atoms with Crippen LogP contribution >= 0.6 is 11.7 Å². The Balaban J connectivity index is 1.97. The van der Waals surface area contributed by atoms with Crippen LogP contribution in [0.1, 0.15) is 13.3 Å². The molecule has 13 heteroatoms. The lowest BCUT2D eigenvalue weighted by Crippen LogP contribution is -2.12. The smallest absolute Gasteiger partial charge is 0.240 e. The summed E-state index contributed by atoms with van der Waals surface area (Å²) < 4.78 is 31.2.